The quantitative estimate of drug-likeness (QED) is 0.389. The Morgan fingerprint density at radius 3 is 2.87 bits per heavy atom. The van der Waals surface area contributed by atoms with Gasteiger partial charge in [0, 0.05) is 11.1 Å². The molecule has 1 aromatic carbocycles. The number of benzene rings is 1. The van der Waals surface area contributed by atoms with Gasteiger partial charge in [-0.3, -0.25) is 9.80 Å². The number of Topliss-reactive ketones (excluding diaryl/α,β-unsaturated/α-hetero) is 1. The monoisotopic (exact) mass is 204 g/mol. The number of hydrazine groups is 1. The Morgan fingerprint density at radius 1 is 1.53 bits per heavy atom. The van der Waals surface area contributed by atoms with E-state index in [2.05, 4.69) is 5.10 Å². The second-order valence-electron chi connectivity index (χ2n) is 3.51. The zero-order valence-electron chi connectivity index (χ0n) is 8.40. The molecule has 0 fully saturated rings. The molecule has 15 heavy (non-hydrogen) atoms. The van der Waals surface area contributed by atoms with Crippen LogP contribution in [0.25, 0.3) is 0 Å². The van der Waals surface area contributed by atoms with Crippen molar-refractivity contribution in [2.75, 3.05) is 0 Å². The second kappa shape index (κ2) is 3.36. The van der Waals surface area contributed by atoms with E-state index in [1.165, 1.54) is 11.9 Å². The molecule has 0 aliphatic carbocycles. The van der Waals surface area contributed by atoms with E-state index in [9.17, 15) is 4.79 Å². The highest BCUT2D eigenvalue weighted by Gasteiger charge is 2.23. The maximum Gasteiger partial charge on any atom is 0.170 e. The molecule has 0 saturated carbocycles. The van der Waals surface area contributed by atoms with Crippen LogP contribution in [0.5, 0.6) is 0 Å². The van der Waals surface area contributed by atoms with Crippen LogP contribution in [0.4, 0.5) is 0 Å². The standard InChI is InChI=1S/C10H12N4O/c1-6(15)7-2-3-9-8(4-7)5-14(12)10(9)13-11/h2-4H,5,11-12H2,1H3/b13-10-. The minimum atomic E-state index is 0.0412. The third-order valence-electron chi connectivity index (χ3n) is 2.49. The summed E-state index contributed by atoms with van der Waals surface area (Å²) in [5, 5.41) is 5.08. The van der Waals surface area contributed by atoms with Gasteiger partial charge in [-0.05, 0) is 18.6 Å². The molecule has 0 amide bonds. The van der Waals surface area contributed by atoms with Gasteiger partial charge >= 0.3 is 0 Å². The van der Waals surface area contributed by atoms with Crippen LogP contribution in [0.3, 0.4) is 0 Å². The lowest BCUT2D eigenvalue weighted by molar-refractivity contribution is 0.101. The topological polar surface area (TPSA) is 84.7 Å². The number of carbonyl (C=O) groups excluding carboxylic acids is 1. The van der Waals surface area contributed by atoms with Crippen molar-refractivity contribution >= 4 is 11.6 Å². The first-order chi connectivity index (χ1) is 7.13. The van der Waals surface area contributed by atoms with Crippen molar-refractivity contribution in [3.05, 3.63) is 34.9 Å². The van der Waals surface area contributed by atoms with E-state index < -0.39 is 0 Å². The SMILES string of the molecule is CC(=O)c1ccc2c(c1)CN(N)/C2=N\N. The summed E-state index contributed by atoms with van der Waals surface area (Å²) in [7, 11) is 0. The number of hydrogen-bond donors (Lipinski definition) is 2. The molecular weight excluding hydrogens is 192 g/mol. The molecule has 1 aromatic rings. The van der Waals surface area contributed by atoms with E-state index in [1.54, 1.807) is 6.07 Å². The molecule has 0 bridgehead atoms. The lowest BCUT2D eigenvalue weighted by Gasteiger charge is -2.08. The van der Waals surface area contributed by atoms with Crippen LogP contribution in [0.1, 0.15) is 28.4 Å². The van der Waals surface area contributed by atoms with Crippen LogP contribution in [-0.4, -0.2) is 16.6 Å². The van der Waals surface area contributed by atoms with Crippen molar-refractivity contribution in [2.24, 2.45) is 16.8 Å². The first kappa shape index (κ1) is 9.67. The van der Waals surface area contributed by atoms with Crippen molar-refractivity contribution in [1.82, 2.24) is 5.01 Å². The first-order valence-corrected chi connectivity index (χ1v) is 4.58. The molecule has 0 atom stereocenters. The molecule has 0 aromatic heterocycles. The number of ketones is 1. The molecule has 5 heteroatoms. The lowest BCUT2D eigenvalue weighted by atomic mass is 10.0. The van der Waals surface area contributed by atoms with Gasteiger partial charge in [-0.15, -0.1) is 0 Å². The van der Waals surface area contributed by atoms with Crippen LogP contribution < -0.4 is 11.7 Å². The molecule has 0 saturated heterocycles. The maximum atomic E-state index is 11.2. The summed E-state index contributed by atoms with van der Waals surface area (Å²) in [6.45, 7) is 2.07. The Bertz CT molecular complexity index is 453. The molecule has 0 radical (unpaired) electrons. The highest BCUT2D eigenvalue weighted by molar-refractivity contribution is 6.03. The largest absolute Gasteiger partial charge is 0.321 e. The Balaban J connectivity index is 2.51. The van der Waals surface area contributed by atoms with E-state index in [-0.39, 0.29) is 5.78 Å². The maximum absolute atomic E-state index is 11.2. The Labute approximate surface area is 87.3 Å². The molecule has 1 heterocycles. The average Bonchev–Trinajstić information content (AvgIpc) is 2.51. The number of fused-ring (bicyclic) bond motifs is 1. The molecule has 78 valence electrons. The molecule has 1 aliphatic rings. The zero-order valence-corrected chi connectivity index (χ0v) is 8.40. The Morgan fingerprint density at radius 2 is 2.27 bits per heavy atom. The third kappa shape index (κ3) is 1.46. The number of nitrogens with two attached hydrogens (primary N) is 2. The minimum Gasteiger partial charge on any atom is -0.321 e. The summed E-state index contributed by atoms with van der Waals surface area (Å²) < 4.78 is 0. The van der Waals surface area contributed by atoms with Crippen molar-refractivity contribution in [3.63, 3.8) is 0 Å². The number of carbonyl (C=O) groups is 1. The molecular formula is C10H12N4O. The zero-order chi connectivity index (χ0) is 11.0. The second-order valence-corrected chi connectivity index (χ2v) is 3.51. The first-order valence-electron chi connectivity index (χ1n) is 4.58. The lowest BCUT2D eigenvalue weighted by Crippen LogP contribution is -2.32. The van der Waals surface area contributed by atoms with Crippen LogP contribution in [0.2, 0.25) is 0 Å². The van der Waals surface area contributed by atoms with E-state index in [4.69, 9.17) is 11.7 Å². The summed E-state index contributed by atoms with van der Waals surface area (Å²) >= 11 is 0. The Hall–Kier alpha value is -1.88. The molecule has 1 aliphatic heterocycles. The van der Waals surface area contributed by atoms with Crippen molar-refractivity contribution in [1.29, 1.82) is 0 Å². The fourth-order valence-electron chi connectivity index (χ4n) is 1.72. The van der Waals surface area contributed by atoms with Crippen LogP contribution >= 0.6 is 0 Å². The predicted molar refractivity (Wildman–Crippen MR) is 56.9 cm³/mol. The van der Waals surface area contributed by atoms with Crippen LogP contribution in [0.15, 0.2) is 23.3 Å². The normalized spacial score (nSPS) is 16.9. The number of amidine groups is 1. The van der Waals surface area contributed by atoms with Gasteiger partial charge in [0.15, 0.2) is 11.6 Å². The fraction of sp³-hybridized carbons (Fsp3) is 0.200. The summed E-state index contributed by atoms with van der Waals surface area (Å²) in [6, 6.07) is 5.41. The highest BCUT2D eigenvalue weighted by atomic mass is 16.1. The number of hydrogen-bond acceptors (Lipinski definition) is 4. The minimum absolute atomic E-state index is 0.0412. The predicted octanol–water partition coefficient (Wildman–Crippen LogP) is 0.199. The third-order valence-corrected chi connectivity index (χ3v) is 2.49. The molecule has 4 N–H and O–H groups in total. The number of rotatable bonds is 1. The van der Waals surface area contributed by atoms with Crippen molar-refractivity contribution < 1.29 is 4.79 Å². The highest BCUT2D eigenvalue weighted by Crippen LogP contribution is 2.22. The van der Waals surface area contributed by atoms with Crippen LogP contribution in [0, 0.1) is 0 Å². The Kier molecular flexibility index (Phi) is 2.17. The molecule has 2 rings (SSSR count). The summed E-state index contributed by atoms with van der Waals surface area (Å²) in [5.41, 5.74) is 2.56. The van der Waals surface area contributed by atoms with Gasteiger partial charge in [0.1, 0.15) is 0 Å². The van der Waals surface area contributed by atoms with E-state index in [0.29, 0.717) is 17.9 Å². The summed E-state index contributed by atoms with van der Waals surface area (Å²) in [5.74, 6) is 11.5. The average molecular weight is 204 g/mol. The van der Waals surface area contributed by atoms with Crippen molar-refractivity contribution in [3.8, 4) is 0 Å². The van der Waals surface area contributed by atoms with Gasteiger partial charge < -0.3 is 5.84 Å². The summed E-state index contributed by atoms with van der Waals surface area (Å²) in [6.07, 6.45) is 0. The van der Waals surface area contributed by atoms with Gasteiger partial charge in [0.25, 0.3) is 0 Å². The smallest absolute Gasteiger partial charge is 0.170 e. The molecule has 0 unspecified atom stereocenters. The summed E-state index contributed by atoms with van der Waals surface area (Å²) in [4.78, 5) is 11.2. The number of nitrogens with zero attached hydrogens (tertiary/aromatic N) is 2. The van der Waals surface area contributed by atoms with Gasteiger partial charge in [-0.2, -0.15) is 5.10 Å². The van der Waals surface area contributed by atoms with Gasteiger partial charge in [-0.1, -0.05) is 12.1 Å². The van der Waals surface area contributed by atoms with E-state index in [0.717, 1.165) is 11.1 Å². The molecule has 0 spiro atoms. The van der Waals surface area contributed by atoms with E-state index >= 15 is 0 Å². The molecule has 5 nitrogen and oxygen atoms in total. The van der Waals surface area contributed by atoms with Crippen LogP contribution in [-0.2, 0) is 6.54 Å². The van der Waals surface area contributed by atoms with Gasteiger partial charge in [0.05, 0.1) is 6.54 Å². The number of hydrazone groups is 1. The van der Waals surface area contributed by atoms with Crippen molar-refractivity contribution in [2.45, 2.75) is 13.5 Å². The van der Waals surface area contributed by atoms with Gasteiger partial charge in [0.2, 0.25) is 0 Å². The fourth-order valence-corrected chi connectivity index (χ4v) is 1.72. The van der Waals surface area contributed by atoms with E-state index in [1.807, 2.05) is 12.1 Å². The van der Waals surface area contributed by atoms with Gasteiger partial charge in [-0.25, -0.2) is 5.84 Å².